The molecule has 2 N–H and O–H groups in total. The van der Waals surface area contributed by atoms with Crippen LogP contribution >= 0.6 is 0 Å². The lowest BCUT2D eigenvalue weighted by Gasteiger charge is -2.38. The molecule has 0 aromatic carbocycles. The van der Waals surface area contributed by atoms with Crippen LogP contribution in [0, 0.1) is 16.7 Å². The lowest BCUT2D eigenvalue weighted by atomic mass is 9.67. The summed E-state index contributed by atoms with van der Waals surface area (Å²) in [5, 5.41) is 20.2. The molecule has 2 aliphatic rings. The van der Waals surface area contributed by atoms with Crippen LogP contribution in [0.5, 0.6) is 0 Å². The lowest BCUT2D eigenvalue weighted by Crippen LogP contribution is -2.32. The number of aliphatic hydroxyl groups excluding tert-OH is 2. The van der Waals surface area contributed by atoms with Crippen molar-refractivity contribution in [2.24, 2.45) is 16.7 Å². The third kappa shape index (κ3) is 11.7. The maximum absolute atomic E-state index is 10.1. The Balaban J connectivity index is 1.90. The zero-order chi connectivity index (χ0) is 31.5. The average molecular weight is 569 g/mol. The average Bonchev–Trinajstić information content (AvgIpc) is 2.84. The molecule has 2 nitrogen and oxygen atoms in total. The van der Waals surface area contributed by atoms with Gasteiger partial charge >= 0.3 is 0 Å². The highest BCUT2D eigenvalue weighted by atomic mass is 16.3. The minimum absolute atomic E-state index is 0.00528. The smallest absolute Gasteiger partial charge is 0.0729 e. The quantitative estimate of drug-likeness (QED) is 0.203. The van der Waals surface area contributed by atoms with Crippen LogP contribution in [0.3, 0.4) is 0 Å². The van der Waals surface area contributed by atoms with Crippen LogP contribution in [-0.2, 0) is 0 Å². The number of hydrogen-bond donors (Lipinski definition) is 2. The van der Waals surface area contributed by atoms with E-state index in [1.165, 1.54) is 39.0 Å². The molecule has 2 rings (SSSR count). The van der Waals surface area contributed by atoms with Crippen LogP contribution in [0.2, 0.25) is 0 Å². The largest absolute Gasteiger partial charge is 0.393 e. The molecular weight excluding hydrogens is 512 g/mol. The van der Waals surface area contributed by atoms with Gasteiger partial charge in [-0.3, -0.25) is 0 Å². The second kappa shape index (κ2) is 16.1. The van der Waals surface area contributed by atoms with Crippen molar-refractivity contribution in [3.63, 3.8) is 0 Å². The highest BCUT2D eigenvalue weighted by molar-refractivity contribution is 5.38. The van der Waals surface area contributed by atoms with Gasteiger partial charge in [0.15, 0.2) is 0 Å². The maximum atomic E-state index is 10.1. The topological polar surface area (TPSA) is 40.5 Å². The summed E-state index contributed by atoms with van der Waals surface area (Å²) >= 11 is 0. The van der Waals surface area contributed by atoms with E-state index in [1.807, 2.05) is 6.08 Å². The molecule has 2 aliphatic carbocycles. The molecule has 0 saturated heterocycles. The van der Waals surface area contributed by atoms with E-state index in [9.17, 15) is 10.2 Å². The van der Waals surface area contributed by atoms with Crippen molar-refractivity contribution in [2.75, 3.05) is 0 Å². The van der Waals surface area contributed by atoms with Crippen LogP contribution in [0.25, 0.3) is 0 Å². The lowest BCUT2D eigenvalue weighted by molar-refractivity contribution is 0.116. The first-order valence-electron chi connectivity index (χ1n) is 15.4. The van der Waals surface area contributed by atoms with E-state index in [4.69, 9.17) is 0 Å². The normalized spacial score (nSPS) is 26.6. The van der Waals surface area contributed by atoms with Gasteiger partial charge in [0.05, 0.1) is 12.2 Å². The molecule has 0 aromatic rings. The molecule has 0 bridgehead atoms. The first-order chi connectivity index (χ1) is 19.6. The summed E-state index contributed by atoms with van der Waals surface area (Å²) in [6, 6.07) is 0. The summed E-state index contributed by atoms with van der Waals surface area (Å²) in [5.41, 5.74) is 8.73. The Morgan fingerprint density at radius 1 is 0.714 bits per heavy atom. The van der Waals surface area contributed by atoms with E-state index in [1.54, 1.807) is 0 Å². The van der Waals surface area contributed by atoms with Crippen molar-refractivity contribution in [1.29, 1.82) is 0 Å². The molecule has 0 amide bonds. The van der Waals surface area contributed by atoms with Gasteiger partial charge in [0.2, 0.25) is 0 Å². The fourth-order valence-electron chi connectivity index (χ4n) is 6.14. The second-order valence-electron chi connectivity index (χ2n) is 13.7. The van der Waals surface area contributed by atoms with Crippen LogP contribution in [0.15, 0.2) is 130 Å². The molecule has 0 saturated carbocycles. The summed E-state index contributed by atoms with van der Waals surface area (Å²) in [6.45, 7) is 21.6. The third-order valence-electron chi connectivity index (χ3n) is 8.33. The SMILES string of the molecule is CC1=C[C@H](O)CC(C)(C)[C@H]1/C=C/C(C)=C/C=C/C(C)=C/C=C/C=C(C)/C=C\C=C(C)/C=C/C1=C(C)C[C@@H](O)CC1(C)C. The van der Waals surface area contributed by atoms with Crippen molar-refractivity contribution in [2.45, 2.75) is 101 Å². The van der Waals surface area contributed by atoms with Crippen molar-refractivity contribution in [3.05, 3.63) is 130 Å². The minimum Gasteiger partial charge on any atom is -0.393 e. The van der Waals surface area contributed by atoms with Crippen molar-refractivity contribution >= 4 is 0 Å². The van der Waals surface area contributed by atoms with E-state index in [0.717, 1.165) is 19.3 Å². The third-order valence-corrected chi connectivity index (χ3v) is 8.33. The number of allylic oxidation sites excluding steroid dienone is 20. The number of rotatable bonds is 10. The zero-order valence-corrected chi connectivity index (χ0v) is 27.9. The minimum atomic E-state index is -0.331. The van der Waals surface area contributed by atoms with E-state index in [2.05, 4.69) is 154 Å². The monoisotopic (exact) mass is 568 g/mol. The van der Waals surface area contributed by atoms with Gasteiger partial charge in [0, 0.05) is 5.92 Å². The molecule has 0 fully saturated rings. The number of aliphatic hydroxyl groups is 2. The van der Waals surface area contributed by atoms with Crippen LogP contribution < -0.4 is 0 Å². The van der Waals surface area contributed by atoms with Crippen molar-refractivity contribution in [3.8, 4) is 0 Å². The van der Waals surface area contributed by atoms with E-state index >= 15 is 0 Å². The highest BCUT2D eigenvalue weighted by Crippen LogP contribution is 2.42. The predicted molar refractivity (Wildman–Crippen MR) is 184 cm³/mol. The summed E-state index contributed by atoms with van der Waals surface area (Å²) in [6.07, 6.45) is 33.8. The Labute approximate surface area is 257 Å². The fraction of sp³-hybridized carbons (Fsp3) is 0.450. The van der Waals surface area contributed by atoms with Gasteiger partial charge in [-0.25, -0.2) is 0 Å². The van der Waals surface area contributed by atoms with Gasteiger partial charge < -0.3 is 10.2 Å². The van der Waals surface area contributed by atoms with Gasteiger partial charge in [-0.2, -0.15) is 0 Å². The molecule has 0 radical (unpaired) electrons. The molecule has 3 atom stereocenters. The highest BCUT2D eigenvalue weighted by Gasteiger charge is 2.34. The van der Waals surface area contributed by atoms with Crippen molar-refractivity contribution in [1.82, 2.24) is 0 Å². The Bertz CT molecular complexity index is 1270. The van der Waals surface area contributed by atoms with Gasteiger partial charge in [-0.05, 0) is 77.2 Å². The molecule has 228 valence electrons. The molecule has 0 heterocycles. The van der Waals surface area contributed by atoms with Gasteiger partial charge in [0.25, 0.3) is 0 Å². The molecule has 42 heavy (non-hydrogen) atoms. The standard InChI is InChI=1S/C40H56O2/c1-29(17-13-19-31(3)21-23-37-33(5)25-35(41)27-39(37,7)8)15-11-12-16-30(2)18-14-20-32(4)22-24-38-34(6)26-36(42)28-40(38,9)10/h11-25,35-37,41-42H,26-28H2,1-10H3/b12-11+,17-13+,18-14-,23-21+,24-22+,29-15+,30-16+,31-19+,32-20-/t35-,36+,37-/m0/s1. The summed E-state index contributed by atoms with van der Waals surface area (Å²) in [5.74, 6) is 0.348. The Hall–Kier alpha value is -2.94. The summed E-state index contributed by atoms with van der Waals surface area (Å²) in [7, 11) is 0. The maximum Gasteiger partial charge on any atom is 0.0729 e. The molecule has 0 aromatic heterocycles. The molecule has 0 unspecified atom stereocenters. The first-order valence-corrected chi connectivity index (χ1v) is 15.4. The van der Waals surface area contributed by atoms with Gasteiger partial charge in [0.1, 0.15) is 0 Å². The fourth-order valence-corrected chi connectivity index (χ4v) is 6.14. The van der Waals surface area contributed by atoms with Crippen LogP contribution in [-0.4, -0.2) is 22.4 Å². The molecule has 2 heteroatoms. The van der Waals surface area contributed by atoms with Gasteiger partial charge in [-0.15, -0.1) is 0 Å². The number of hydrogen-bond acceptors (Lipinski definition) is 2. The van der Waals surface area contributed by atoms with Crippen LogP contribution in [0.4, 0.5) is 0 Å². The molecule has 0 aliphatic heterocycles. The summed E-state index contributed by atoms with van der Waals surface area (Å²) in [4.78, 5) is 0. The Morgan fingerprint density at radius 3 is 1.74 bits per heavy atom. The van der Waals surface area contributed by atoms with Crippen LogP contribution in [0.1, 0.15) is 88.5 Å². The zero-order valence-electron chi connectivity index (χ0n) is 27.9. The molecular formula is C40H56O2. The second-order valence-corrected chi connectivity index (χ2v) is 13.7. The van der Waals surface area contributed by atoms with E-state index in [-0.39, 0.29) is 23.0 Å². The van der Waals surface area contributed by atoms with Crippen molar-refractivity contribution < 1.29 is 10.2 Å². The van der Waals surface area contributed by atoms with E-state index in [0.29, 0.717) is 5.92 Å². The predicted octanol–water partition coefficient (Wildman–Crippen LogP) is 10.4. The summed E-state index contributed by atoms with van der Waals surface area (Å²) < 4.78 is 0. The van der Waals surface area contributed by atoms with E-state index < -0.39 is 0 Å². The van der Waals surface area contributed by atoms with Gasteiger partial charge in [-0.1, -0.05) is 152 Å². The first kappa shape index (κ1) is 35.3. The Kier molecular flexibility index (Phi) is 13.5. The molecule has 0 spiro atoms. The Morgan fingerprint density at radius 2 is 1.21 bits per heavy atom.